The number of hydrogen-bond donors (Lipinski definition) is 1. The van der Waals surface area contributed by atoms with Gasteiger partial charge in [-0.3, -0.25) is 0 Å². The lowest BCUT2D eigenvalue weighted by molar-refractivity contribution is 0.0312. The van der Waals surface area contributed by atoms with E-state index < -0.39 is 32.2 Å². The van der Waals surface area contributed by atoms with Gasteiger partial charge in [0.05, 0.1) is 5.69 Å². The predicted octanol–water partition coefficient (Wildman–Crippen LogP) is 0.915. The summed E-state index contributed by atoms with van der Waals surface area (Å²) in [5.41, 5.74) is 4.85. The number of hydrogen-bond acceptors (Lipinski definition) is 4. The van der Waals surface area contributed by atoms with Crippen molar-refractivity contribution < 1.29 is 21.9 Å². The standard InChI is InChI=1S/C10H12F2N2O3S/c11-7-4-8(12)10(5-9(7)13)18(15,16)14-2-1-3-17-6-14/h4-5H,1-3,6,13H2. The summed E-state index contributed by atoms with van der Waals surface area (Å²) in [7, 11) is -4.05. The molecule has 1 aromatic carbocycles. The second kappa shape index (κ2) is 4.79. The van der Waals surface area contributed by atoms with Crippen molar-refractivity contribution in [3.63, 3.8) is 0 Å². The average Bonchev–Trinajstić information content (AvgIpc) is 2.34. The Hall–Kier alpha value is -1.25. The van der Waals surface area contributed by atoms with Gasteiger partial charge in [0.1, 0.15) is 23.3 Å². The molecule has 8 heteroatoms. The number of sulfonamides is 1. The Balaban J connectivity index is 2.43. The van der Waals surface area contributed by atoms with Crippen LogP contribution in [0.15, 0.2) is 17.0 Å². The van der Waals surface area contributed by atoms with Gasteiger partial charge >= 0.3 is 0 Å². The first-order valence-corrected chi connectivity index (χ1v) is 6.69. The summed E-state index contributed by atoms with van der Waals surface area (Å²) in [4.78, 5) is -0.633. The first-order chi connectivity index (χ1) is 8.43. The van der Waals surface area contributed by atoms with Crippen LogP contribution in [0.3, 0.4) is 0 Å². The molecule has 1 heterocycles. The molecule has 0 radical (unpaired) electrons. The van der Waals surface area contributed by atoms with Crippen molar-refractivity contribution in [2.45, 2.75) is 11.3 Å². The van der Waals surface area contributed by atoms with E-state index >= 15 is 0 Å². The lowest BCUT2D eigenvalue weighted by atomic mass is 10.3. The maximum atomic E-state index is 13.5. The zero-order valence-electron chi connectivity index (χ0n) is 9.40. The third-order valence-electron chi connectivity index (χ3n) is 2.60. The van der Waals surface area contributed by atoms with Crippen LogP contribution in [0.1, 0.15) is 6.42 Å². The van der Waals surface area contributed by atoms with Gasteiger partial charge in [-0.25, -0.2) is 17.2 Å². The number of halogens is 2. The minimum Gasteiger partial charge on any atom is -0.396 e. The fraction of sp³-hybridized carbons (Fsp3) is 0.400. The molecule has 0 atom stereocenters. The molecule has 18 heavy (non-hydrogen) atoms. The van der Waals surface area contributed by atoms with E-state index in [1.54, 1.807) is 0 Å². The third kappa shape index (κ3) is 2.31. The SMILES string of the molecule is Nc1cc(S(=O)(=O)N2CCCOC2)c(F)cc1F. The zero-order chi connectivity index (χ0) is 13.3. The van der Waals surface area contributed by atoms with Gasteiger partial charge in [-0.2, -0.15) is 4.31 Å². The Morgan fingerprint density at radius 3 is 2.61 bits per heavy atom. The molecule has 2 N–H and O–H groups in total. The zero-order valence-corrected chi connectivity index (χ0v) is 10.2. The van der Waals surface area contributed by atoms with Gasteiger partial charge in [-0.15, -0.1) is 0 Å². The van der Waals surface area contributed by atoms with Crippen molar-refractivity contribution in [1.82, 2.24) is 4.31 Å². The second-order valence-electron chi connectivity index (χ2n) is 3.88. The summed E-state index contributed by atoms with van der Waals surface area (Å²) in [6.45, 7) is 0.554. The summed E-state index contributed by atoms with van der Waals surface area (Å²) >= 11 is 0. The van der Waals surface area contributed by atoms with Crippen LogP contribution in [-0.2, 0) is 14.8 Å². The highest BCUT2D eigenvalue weighted by molar-refractivity contribution is 7.89. The summed E-state index contributed by atoms with van der Waals surface area (Å²) in [5.74, 6) is -2.14. The average molecular weight is 278 g/mol. The summed E-state index contributed by atoms with van der Waals surface area (Å²) in [6, 6.07) is 1.25. The van der Waals surface area contributed by atoms with E-state index in [9.17, 15) is 17.2 Å². The molecular weight excluding hydrogens is 266 g/mol. The first-order valence-electron chi connectivity index (χ1n) is 5.25. The fourth-order valence-electron chi connectivity index (χ4n) is 1.65. The van der Waals surface area contributed by atoms with Crippen LogP contribution < -0.4 is 5.73 Å². The molecule has 1 fully saturated rings. The molecule has 0 amide bonds. The first kappa shape index (κ1) is 13.2. The minimum atomic E-state index is -4.05. The van der Waals surface area contributed by atoms with E-state index in [1.807, 2.05) is 0 Å². The molecule has 0 unspecified atom stereocenters. The molecule has 0 aromatic heterocycles. The quantitative estimate of drug-likeness (QED) is 0.816. The topological polar surface area (TPSA) is 72.6 Å². The molecule has 1 aliphatic heterocycles. The van der Waals surface area contributed by atoms with Crippen LogP contribution in [0, 0.1) is 11.6 Å². The van der Waals surface area contributed by atoms with Crippen LogP contribution >= 0.6 is 0 Å². The Morgan fingerprint density at radius 2 is 2.00 bits per heavy atom. The maximum Gasteiger partial charge on any atom is 0.248 e. The molecule has 100 valence electrons. The van der Waals surface area contributed by atoms with E-state index in [4.69, 9.17) is 10.5 Å². The van der Waals surface area contributed by atoms with Crippen LogP contribution in [0.25, 0.3) is 0 Å². The van der Waals surface area contributed by atoms with Crippen molar-refractivity contribution in [2.75, 3.05) is 25.6 Å². The highest BCUT2D eigenvalue weighted by Gasteiger charge is 2.30. The molecule has 0 bridgehead atoms. The number of benzene rings is 1. The predicted molar refractivity (Wildman–Crippen MR) is 60.1 cm³/mol. The van der Waals surface area contributed by atoms with Crippen LogP contribution in [0.5, 0.6) is 0 Å². The third-order valence-corrected chi connectivity index (χ3v) is 4.44. The van der Waals surface area contributed by atoms with E-state index in [0.717, 1.165) is 10.4 Å². The lowest BCUT2D eigenvalue weighted by Crippen LogP contribution is -2.38. The van der Waals surface area contributed by atoms with E-state index in [0.29, 0.717) is 19.1 Å². The van der Waals surface area contributed by atoms with Gasteiger partial charge in [0.2, 0.25) is 10.0 Å². The highest BCUT2D eigenvalue weighted by Crippen LogP contribution is 2.25. The highest BCUT2D eigenvalue weighted by atomic mass is 32.2. The van der Waals surface area contributed by atoms with Gasteiger partial charge in [0, 0.05) is 19.2 Å². The Morgan fingerprint density at radius 1 is 1.28 bits per heavy atom. The number of ether oxygens (including phenoxy) is 1. The van der Waals surface area contributed by atoms with E-state index in [-0.39, 0.29) is 13.3 Å². The van der Waals surface area contributed by atoms with Crippen molar-refractivity contribution in [2.24, 2.45) is 0 Å². The molecule has 2 rings (SSSR count). The fourth-order valence-corrected chi connectivity index (χ4v) is 3.09. The lowest BCUT2D eigenvalue weighted by Gasteiger charge is -2.26. The number of anilines is 1. The minimum absolute atomic E-state index is 0.140. The molecule has 0 saturated carbocycles. The summed E-state index contributed by atoms with van der Waals surface area (Å²) < 4.78 is 56.7. The smallest absolute Gasteiger partial charge is 0.248 e. The molecule has 1 aliphatic rings. The van der Waals surface area contributed by atoms with Gasteiger partial charge in [-0.05, 0) is 12.5 Å². The van der Waals surface area contributed by atoms with Gasteiger partial charge < -0.3 is 10.5 Å². The van der Waals surface area contributed by atoms with Gasteiger partial charge in [0.15, 0.2) is 0 Å². The molecule has 5 nitrogen and oxygen atoms in total. The largest absolute Gasteiger partial charge is 0.396 e. The summed E-state index contributed by atoms with van der Waals surface area (Å²) in [5, 5.41) is 0. The molecule has 1 aromatic rings. The van der Waals surface area contributed by atoms with Crippen molar-refractivity contribution in [1.29, 1.82) is 0 Å². The van der Waals surface area contributed by atoms with Gasteiger partial charge in [0.25, 0.3) is 0 Å². The van der Waals surface area contributed by atoms with Crippen LogP contribution in [0.4, 0.5) is 14.5 Å². The summed E-state index contributed by atoms with van der Waals surface area (Å²) in [6.07, 6.45) is 0.525. The normalized spacial score (nSPS) is 17.9. The molecule has 0 spiro atoms. The van der Waals surface area contributed by atoms with Gasteiger partial charge in [-0.1, -0.05) is 0 Å². The van der Waals surface area contributed by atoms with Crippen LogP contribution in [0.2, 0.25) is 0 Å². The molecule has 0 aliphatic carbocycles. The Bertz CT molecular complexity index is 556. The van der Waals surface area contributed by atoms with E-state index in [1.165, 1.54) is 0 Å². The van der Waals surface area contributed by atoms with Crippen molar-refractivity contribution >= 4 is 15.7 Å². The molecule has 1 saturated heterocycles. The Labute approximate surface area is 103 Å². The number of nitrogens with zero attached hydrogens (tertiary/aromatic N) is 1. The van der Waals surface area contributed by atoms with Crippen LogP contribution in [-0.4, -0.2) is 32.6 Å². The number of nitrogens with two attached hydrogens (primary N) is 1. The number of rotatable bonds is 2. The van der Waals surface area contributed by atoms with E-state index in [2.05, 4.69) is 0 Å². The van der Waals surface area contributed by atoms with Crippen molar-refractivity contribution in [3.8, 4) is 0 Å². The number of nitrogen functional groups attached to an aromatic ring is 1. The Kier molecular flexibility index (Phi) is 3.51. The second-order valence-corrected chi connectivity index (χ2v) is 5.78. The monoisotopic (exact) mass is 278 g/mol. The molecular formula is C10H12F2N2O3S. The maximum absolute atomic E-state index is 13.5. The van der Waals surface area contributed by atoms with Crippen molar-refractivity contribution in [3.05, 3.63) is 23.8 Å².